The van der Waals surface area contributed by atoms with Gasteiger partial charge in [-0.25, -0.2) is 0 Å². The van der Waals surface area contributed by atoms with E-state index in [2.05, 4.69) is 0 Å². The van der Waals surface area contributed by atoms with Crippen LogP contribution in [0.15, 0.2) is 5.57 Å². The molecule has 1 N–H and O–H groups in total. The summed E-state index contributed by atoms with van der Waals surface area (Å²) in [5, 5.41) is 15.8. The zero-order valence-corrected chi connectivity index (χ0v) is 3.82. The summed E-state index contributed by atoms with van der Waals surface area (Å²) >= 11 is 0. The van der Waals surface area contributed by atoms with Crippen molar-refractivity contribution in [2.24, 2.45) is 0 Å². The number of carboxylic acids is 1. The topological polar surface area (TPSA) is 64.0 Å². The van der Waals surface area contributed by atoms with E-state index in [0.29, 0.717) is 0 Å². The van der Waals surface area contributed by atoms with Crippen molar-refractivity contribution in [2.45, 2.75) is 6.92 Å². The molecule has 0 aliphatic carbocycles. The lowest BCUT2D eigenvalue weighted by Gasteiger charge is -1.92. The predicted molar refractivity (Wildman–Crippen MR) is 21.9 cm³/mol. The molecule has 0 saturated heterocycles. The molecule has 3 heteroatoms. The van der Waals surface area contributed by atoms with Crippen molar-refractivity contribution in [3.63, 3.8) is 0 Å². The van der Waals surface area contributed by atoms with Crippen molar-refractivity contribution in [3.05, 3.63) is 5.57 Å². The van der Waals surface area contributed by atoms with Crippen LogP contribution in [0.25, 0.3) is 0 Å². The average molecular weight is 98.1 g/mol. The van der Waals surface area contributed by atoms with Crippen molar-refractivity contribution in [3.8, 4) is 0 Å². The third kappa shape index (κ3) is 1.73. The third-order valence-electron chi connectivity index (χ3n) is 0.494. The second kappa shape index (κ2) is 2.16. The molecule has 0 bridgehead atoms. The SMILES string of the molecule is CC(=C=N)C(=O)[O-]. The minimum Gasteiger partial charge on any atom is -0.544 e. The first kappa shape index (κ1) is 5.92. The predicted octanol–water partition coefficient (Wildman–Crippen LogP) is -1.07. The van der Waals surface area contributed by atoms with Gasteiger partial charge in [-0.3, -0.25) is 5.41 Å². The van der Waals surface area contributed by atoms with Crippen LogP contribution in [-0.4, -0.2) is 11.8 Å². The Morgan fingerprint density at radius 2 is 2.29 bits per heavy atom. The minimum atomic E-state index is -1.34. The Hall–Kier alpha value is -1.08. The summed E-state index contributed by atoms with van der Waals surface area (Å²) < 4.78 is 0. The lowest BCUT2D eigenvalue weighted by atomic mass is 10.4. The summed E-state index contributed by atoms with van der Waals surface area (Å²) in [5.41, 5.74) is -0.181. The van der Waals surface area contributed by atoms with Gasteiger partial charge < -0.3 is 9.90 Å². The summed E-state index contributed by atoms with van der Waals surface area (Å²) in [4.78, 5) is 9.60. The maximum Gasteiger partial charge on any atom is 0.0764 e. The molecule has 0 unspecified atom stereocenters. The first-order valence-electron chi connectivity index (χ1n) is 1.66. The van der Waals surface area contributed by atoms with Crippen LogP contribution in [0.1, 0.15) is 6.92 Å². The van der Waals surface area contributed by atoms with Crippen LogP contribution in [-0.2, 0) is 4.79 Å². The number of nitrogens with one attached hydrogen (secondary N) is 1. The van der Waals surface area contributed by atoms with E-state index < -0.39 is 5.97 Å². The van der Waals surface area contributed by atoms with E-state index in [9.17, 15) is 9.90 Å². The lowest BCUT2D eigenvalue weighted by molar-refractivity contribution is -0.298. The van der Waals surface area contributed by atoms with E-state index in [1.807, 2.05) is 0 Å². The van der Waals surface area contributed by atoms with Crippen molar-refractivity contribution in [1.29, 1.82) is 5.41 Å². The summed E-state index contributed by atoms with van der Waals surface area (Å²) in [5.74, 6) is 0.331. The molecule has 7 heavy (non-hydrogen) atoms. The van der Waals surface area contributed by atoms with Crippen LogP contribution in [0.3, 0.4) is 0 Å². The zero-order chi connectivity index (χ0) is 5.86. The Balaban J connectivity index is 4.10. The average Bonchev–Trinajstić information content (AvgIpc) is 1.65. The molecule has 0 aromatic rings. The fraction of sp³-hybridized carbons (Fsp3) is 0.250. The minimum absolute atomic E-state index is 0.181. The van der Waals surface area contributed by atoms with Crippen molar-refractivity contribution in [1.82, 2.24) is 0 Å². The van der Waals surface area contributed by atoms with Crippen molar-refractivity contribution >= 4 is 11.8 Å². The molecule has 0 heterocycles. The largest absolute Gasteiger partial charge is 0.544 e. The zero-order valence-electron chi connectivity index (χ0n) is 3.82. The number of carbonyl (C=O) groups is 1. The van der Waals surface area contributed by atoms with Gasteiger partial charge in [0, 0.05) is 5.57 Å². The van der Waals surface area contributed by atoms with Crippen LogP contribution in [0.2, 0.25) is 0 Å². The molecule has 0 rings (SSSR count). The first-order chi connectivity index (χ1) is 3.18. The normalized spacial score (nSPS) is 7.00. The smallest absolute Gasteiger partial charge is 0.0764 e. The standard InChI is InChI=1S/C4H5NO2/c1-3(2-5)4(6)7/h5H,1H3,(H,6,7)/p-1. The fourth-order valence-electron chi connectivity index (χ4n) is 0.0510. The molecule has 0 saturated carbocycles. The molecule has 0 aliphatic rings. The van der Waals surface area contributed by atoms with Gasteiger partial charge in [0.1, 0.15) is 0 Å². The Kier molecular flexibility index (Phi) is 1.82. The molecule has 0 atom stereocenters. The van der Waals surface area contributed by atoms with E-state index in [-0.39, 0.29) is 5.57 Å². The van der Waals surface area contributed by atoms with Gasteiger partial charge in [0.25, 0.3) is 0 Å². The second-order valence-corrected chi connectivity index (χ2v) is 1.04. The van der Waals surface area contributed by atoms with Crippen molar-refractivity contribution < 1.29 is 9.90 Å². The highest BCUT2D eigenvalue weighted by Crippen LogP contribution is 1.76. The van der Waals surface area contributed by atoms with E-state index in [0.717, 1.165) is 0 Å². The Morgan fingerprint density at radius 1 is 1.86 bits per heavy atom. The molecule has 0 spiro atoms. The van der Waals surface area contributed by atoms with Gasteiger partial charge in [0.05, 0.1) is 5.97 Å². The molecule has 38 valence electrons. The molecule has 0 aromatic carbocycles. The second-order valence-electron chi connectivity index (χ2n) is 1.04. The molecule has 0 radical (unpaired) electrons. The summed E-state index contributed by atoms with van der Waals surface area (Å²) in [7, 11) is 0. The highest BCUT2D eigenvalue weighted by molar-refractivity contribution is 5.93. The van der Waals surface area contributed by atoms with Gasteiger partial charge in [-0.2, -0.15) is 0 Å². The summed E-state index contributed by atoms with van der Waals surface area (Å²) in [6.07, 6.45) is 0. The Labute approximate surface area is 40.8 Å². The molecular weight excluding hydrogens is 94.0 g/mol. The highest BCUT2D eigenvalue weighted by atomic mass is 16.4. The van der Waals surface area contributed by atoms with Crippen LogP contribution in [0.5, 0.6) is 0 Å². The number of aliphatic carboxylic acids is 1. The Bertz CT molecular complexity index is 133. The van der Waals surface area contributed by atoms with Gasteiger partial charge in [0.2, 0.25) is 0 Å². The van der Waals surface area contributed by atoms with Crippen LogP contribution < -0.4 is 5.11 Å². The highest BCUT2D eigenvalue weighted by Gasteiger charge is 1.81. The molecule has 0 aromatic heterocycles. The third-order valence-corrected chi connectivity index (χ3v) is 0.494. The maximum absolute atomic E-state index is 9.60. The van der Waals surface area contributed by atoms with Crippen LogP contribution >= 0.6 is 0 Å². The molecule has 0 fully saturated rings. The van der Waals surface area contributed by atoms with Crippen molar-refractivity contribution in [2.75, 3.05) is 0 Å². The van der Waals surface area contributed by atoms with Crippen LogP contribution in [0, 0.1) is 5.41 Å². The van der Waals surface area contributed by atoms with Gasteiger partial charge in [-0.05, 0) is 12.8 Å². The number of rotatable bonds is 1. The van der Waals surface area contributed by atoms with E-state index in [4.69, 9.17) is 5.41 Å². The number of carbonyl (C=O) groups excluding carboxylic acids is 1. The molecular formula is C4H4NO2-. The van der Waals surface area contributed by atoms with E-state index in [1.54, 1.807) is 5.87 Å². The Morgan fingerprint density at radius 3 is 2.29 bits per heavy atom. The lowest BCUT2D eigenvalue weighted by Crippen LogP contribution is -2.23. The number of hydrogen-bond acceptors (Lipinski definition) is 3. The quantitative estimate of drug-likeness (QED) is 0.335. The van der Waals surface area contributed by atoms with Gasteiger partial charge in [-0.15, -0.1) is 0 Å². The monoisotopic (exact) mass is 98.0 g/mol. The summed E-state index contributed by atoms with van der Waals surface area (Å²) in [6, 6.07) is 0. The molecule has 0 aliphatic heterocycles. The van der Waals surface area contributed by atoms with Gasteiger partial charge in [0.15, 0.2) is 0 Å². The van der Waals surface area contributed by atoms with E-state index in [1.165, 1.54) is 6.92 Å². The van der Waals surface area contributed by atoms with Gasteiger partial charge >= 0.3 is 0 Å². The van der Waals surface area contributed by atoms with Gasteiger partial charge in [-0.1, -0.05) is 0 Å². The molecule has 3 nitrogen and oxygen atoms in total. The van der Waals surface area contributed by atoms with E-state index >= 15 is 0 Å². The first-order valence-corrected chi connectivity index (χ1v) is 1.66. The fourth-order valence-corrected chi connectivity index (χ4v) is 0.0510. The number of carboxylic acid groups (broad SMARTS) is 1. The number of hydrogen-bond donors (Lipinski definition) is 1. The van der Waals surface area contributed by atoms with Crippen LogP contribution in [0.4, 0.5) is 0 Å². The summed E-state index contributed by atoms with van der Waals surface area (Å²) in [6.45, 7) is 1.25. The molecule has 0 amide bonds. The maximum atomic E-state index is 9.60.